The van der Waals surface area contributed by atoms with Gasteiger partial charge in [-0.2, -0.15) is 5.26 Å². The largest absolute Gasteiger partial charge is 0.354 e. The lowest BCUT2D eigenvalue weighted by molar-refractivity contribution is 1.26. The number of nitrogens with zero attached hydrogens (tertiary/aromatic N) is 1. The van der Waals surface area contributed by atoms with Crippen LogP contribution in [0.25, 0.3) is 22.2 Å². The first-order valence-corrected chi connectivity index (χ1v) is 7.22. The summed E-state index contributed by atoms with van der Waals surface area (Å²) in [5.41, 5.74) is 6.60. The third-order valence-electron chi connectivity index (χ3n) is 3.79. The first-order valence-electron chi connectivity index (χ1n) is 6.85. The molecule has 1 N–H and O–H groups in total. The second-order valence-corrected chi connectivity index (χ2v) is 5.76. The second-order valence-electron chi connectivity index (χ2n) is 5.32. The summed E-state index contributed by atoms with van der Waals surface area (Å²) in [6.45, 7) is 4.16. The van der Waals surface area contributed by atoms with Gasteiger partial charge in [-0.05, 0) is 49.2 Å². The van der Waals surface area contributed by atoms with E-state index in [0.29, 0.717) is 11.4 Å². The number of fused-ring (bicyclic) bond motifs is 1. The number of nitrogens with one attached hydrogen (secondary N) is 1. The lowest BCUT2D eigenvalue weighted by Crippen LogP contribution is -1.90. The summed E-state index contributed by atoms with van der Waals surface area (Å²) >= 11 is 6.11. The Kier molecular flexibility index (Phi) is 3.45. The molecule has 0 bridgehead atoms. The predicted molar refractivity (Wildman–Crippen MR) is 87.5 cm³/mol. The van der Waals surface area contributed by atoms with Crippen molar-refractivity contribution in [1.82, 2.24) is 4.98 Å². The van der Waals surface area contributed by atoms with Crippen molar-refractivity contribution in [3.63, 3.8) is 0 Å². The molecule has 0 amide bonds. The summed E-state index contributed by atoms with van der Waals surface area (Å²) in [6.07, 6.45) is 0.364. The Bertz CT molecular complexity index is 869. The second kappa shape index (κ2) is 5.27. The fraction of sp³-hybridized carbons (Fsp3) is 0.167. The molecule has 0 aliphatic carbocycles. The Morgan fingerprint density at radius 2 is 1.95 bits per heavy atom. The van der Waals surface area contributed by atoms with Crippen LogP contribution in [0.15, 0.2) is 36.4 Å². The van der Waals surface area contributed by atoms with E-state index in [-0.39, 0.29) is 0 Å². The molecule has 0 saturated heterocycles. The van der Waals surface area contributed by atoms with Crippen LogP contribution in [0, 0.1) is 25.2 Å². The number of aryl methyl sites for hydroxylation is 2. The van der Waals surface area contributed by atoms with Gasteiger partial charge in [0.25, 0.3) is 0 Å². The van der Waals surface area contributed by atoms with Crippen LogP contribution in [-0.4, -0.2) is 4.98 Å². The summed E-state index contributed by atoms with van der Waals surface area (Å²) < 4.78 is 0. The molecule has 0 aliphatic rings. The van der Waals surface area contributed by atoms with Gasteiger partial charge in [-0.3, -0.25) is 0 Å². The molecule has 0 unspecified atom stereocenters. The van der Waals surface area contributed by atoms with Crippen LogP contribution in [0.4, 0.5) is 0 Å². The summed E-state index contributed by atoms with van der Waals surface area (Å²) in [4.78, 5) is 3.45. The summed E-state index contributed by atoms with van der Waals surface area (Å²) in [6, 6.07) is 14.4. The number of hydrogen-bond donors (Lipinski definition) is 1. The molecule has 0 fully saturated rings. The quantitative estimate of drug-likeness (QED) is 0.695. The van der Waals surface area contributed by atoms with Gasteiger partial charge in [-0.25, -0.2) is 0 Å². The average molecular weight is 295 g/mol. The van der Waals surface area contributed by atoms with Crippen LogP contribution in [0.1, 0.15) is 16.7 Å². The number of benzene rings is 2. The molecule has 2 aromatic carbocycles. The first-order chi connectivity index (χ1) is 10.1. The van der Waals surface area contributed by atoms with Gasteiger partial charge in [0.2, 0.25) is 0 Å². The fourth-order valence-electron chi connectivity index (χ4n) is 2.72. The SMILES string of the molecule is Cc1ccc(C)c(-c2[nH]c3ccc(Cl)cc3c2CC#N)c1. The highest BCUT2D eigenvalue weighted by atomic mass is 35.5. The van der Waals surface area contributed by atoms with Crippen molar-refractivity contribution in [2.24, 2.45) is 0 Å². The topological polar surface area (TPSA) is 39.6 Å². The maximum Gasteiger partial charge on any atom is 0.0670 e. The normalized spacial score (nSPS) is 10.8. The van der Waals surface area contributed by atoms with E-state index in [9.17, 15) is 0 Å². The van der Waals surface area contributed by atoms with E-state index >= 15 is 0 Å². The predicted octanol–water partition coefficient (Wildman–Crippen LogP) is 5.17. The highest BCUT2D eigenvalue weighted by Crippen LogP contribution is 2.34. The van der Waals surface area contributed by atoms with Crippen LogP contribution in [0.3, 0.4) is 0 Å². The van der Waals surface area contributed by atoms with Gasteiger partial charge >= 0.3 is 0 Å². The minimum atomic E-state index is 0.364. The molecular weight excluding hydrogens is 280 g/mol. The number of halogens is 1. The van der Waals surface area contributed by atoms with Crippen molar-refractivity contribution in [3.05, 3.63) is 58.1 Å². The van der Waals surface area contributed by atoms with Crippen molar-refractivity contribution >= 4 is 22.5 Å². The van der Waals surface area contributed by atoms with Gasteiger partial charge in [0, 0.05) is 21.5 Å². The molecule has 3 aromatic rings. The van der Waals surface area contributed by atoms with E-state index in [4.69, 9.17) is 16.9 Å². The molecule has 3 rings (SSSR count). The Morgan fingerprint density at radius 1 is 1.14 bits per heavy atom. The number of hydrogen-bond acceptors (Lipinski definition) is 1. The summed E-state index contributed by atoms with van der Waals surface area (Å²) in [5.74, 6) is 0. The third kappa shape index (κ3) is 2.41. The van der Waals surface area contributed by atoms with Crippen molar-refractivity contribution in [2.45, 2.75) is 20.3 Å². The molecular formula is C18H15ClN2. The molecule has 104 valence electrons. The van der Waals surface area contributed by atoms with Gasteiger partial charge in [0.15, 0.2) is 0 Å². The molecule has 21 heavy (non-hydrogen) atoms. The molecule has 1 aromatic heterocycles. The molecule has 0 atom stereocenters. The lowest BCUT2D eigenvalue weighted by atomic mass is 9.98. The number of aromatic amines is 1. The summed E-state index contributed by atoms with van der Waals surface area (Å²) in [7, 11) is 0. The third-order valence-corrected chi connectivity index (χ3v) is 4.02. The maximum absolute atomic E-state index is 9.17. The van der Waals surface area contributed by atoms with E-state index in [2.05, 4.69) is 43.1 Å². The van der Waals surface area contributed by atoms with E-state index < -0.39 is 0 Å². The van der Waals surface area contributed by atoms with Crippen molar-refractivity contribution in [2.75, 3.05) is 0 Å². The molecule has 2 nitrogen and oxygen atoms in total. The van der Waals surface area contributed by atoms with Crippen molar-refractivity contribution < 1.29 is 0 Å². The number of nitriles is 1. The lowest BCUT2D eigenvalue weighted by Gasteiger charge is -2.07. The van der Waals surface area contributed by atoms with Gasteiger partial charge in [0.05, 0.1) is 18.2 Å². The Balaban J connectivity index is 2.34. The van der Waals surface area contributed by atoms with Gasteiger partial charge in [-0.1, -0.05) is 29.3 Å². The van der Waals surface area contributed by atoms with E-state index in [1.807, 2.05) is 18.2 Å². The number of H-pyrrole nitrogens is 1. The smallest absolute Gasteiger partial charge is 0.0670 e. The fourth-order valence-corrected chi connectivity index (χ4v) is 2.89. The van der Waals surface area contributed by atoms with Crippen LogP contribution in [0.2, 0.25) is 5.02 Å². The van der Waals surface area contributed by atoms with Crippen molar-refractivity contribution in [1.29, 1.82) is 5.26 Å². The monoisotopic (exact) mass is 294 g/mol. The molecule has 0 spiro atoms. The standard InChI is InChI=1S/C18H15ClN2/c1-11-3-4-12(2)15(9-11)18-14(7-8-20)16-10-13(19)5-6-17(16)21-18/h3-6,9-10,21H,7H2,1-2H3. The Hall–Kier alpha value is -2.24. The van der Waals surface area contributed by atoms with Crippen molar-refractivity contribution in [3.8, 4) is 17.3 Å². The number of rotatable bonds is 2. The highest BCUT2D eigenvalue weighted by molar-refractivity contribution is 6.31. The average Bonchev–Trinajstić information content (AvgIpc) is 2.80. The highest BCUT2D eigenvalue weighted by Gasteiger charge is 2.15. The Labute approximate surface area is 129 Å². The first kappa shape index (κ1) is 13.7. The zero-order valence-electron chi connectivity index (χ0n) is 12.0. The van der Waals surface area contributed by atoms with Gasteiger partial charge in [0.1, 0.15) is 0 Å². The van der Waals surface area contributed by atoms with E-state index in [0.717, 1.165) is 27.7 Å². The minimum Gasteiger partial charge on any atom is -0.354 e. The molecule has 0 saturated carbocycles. The molecule has 0 aliphatic heterocycles. The summed E-state index contributed by atoms with van der Waals surface area (Å²) in [5, 5.41) is 10.9. The van der Waals surface area contributed by atoms with E-state index in [1.54, 1.807) is 0 Å². The Morgan fingerprint density at radius 3 is 2.71 bits per heavy atom. The molecule has 0 radical (unpaired) electrons. The number of aromatic nitrogens is 1. The molecule has 1 heterocycles. The van der Waals surface area contributed by atoms with Crippen LogP contribution in [0.5, 0.6) is 0 Å². The molecule has 3 heteroatoms. The zero-order chi connectivity index (χ0) is 15.0. The minimum absolute atomic E-state index is 0.364. The van der Waals surface area contributed by atoms with E-state index in [1.165, 1.54) is 11.1 Å². The maximum atomic E-state index is 9.17. The van der Waals surface area contributed by atoms with Gasteiger partial charge < -0.3 is 4.98 Å². The zero-order valence-corrected chi connectivity index (χ0v) is 12.8. The van der Waals surface area contributed by atoms with Crippen LogP contribution >= 0.6 is 11.6 Å². The van der Waals surface area contributed by atoms with Crippen LogP contribution in [-0.2, 0) is 6.42 Å². The van der Waals surface area contributed by atoms with Crippen LogP contribution < -0.4 is 0 Å². The van der Waals surface area contributed by atoms with Gasteiger partial charge in [-0.15, -0.1) is 0 Å².